The van der Waals surface area contributed by atoms with E-state index in [-0.39, 0.29) is 5.91 Å². The van der Waals surface area contributed by atoms with Crippen molar-refractivity contribution in [3.63, 3.8) is 0 Å². The molecule has 1 saturated carbocycles. The van der Waals surface area contributed by atoms with E-state index in [1.807, 2.05) is 17.0 Å². The number of nitrogens with zero attached hydrogens (tertiary/aromatic N) is 1. The predicted molar refractivity (Wildman–Crippen MR) is 81.6 cm³/mol. The van der Waals surface area contributed by atoms with Crippen molar-refractivity contribution in [2.75, 3.05) is 6.54 Å². The summed E-state index contributed by atoms with van der Waals surface area (Å²) < 4.78 is 5.85. The van der Waals surface area contributed by atoms with Crippen LogP contribution in [0.1, 0.15) is 57.0 Å². The van der Waals surface area contributed by atoms with Gasteiger partial charge in [-0.15, -0.1) is 0 Å². The van der Waals surface area contributed by atoms with E-state index in [0.29, 0.717) is 24.9 Å². The number of hydrogen-bond acceptors (Lipinski definition) is 3. The Labute approximate surface area is 126 Å². The van der Waals surface area contributed by atoms with Gasteiger partial charge >= 0.3 is 0 Å². The molecule has 1 N–H and O–H groups in total. The lowest BCUT2D eigenvalue weighted by Crippen LogP contribution is -2.29. The minimum absolute atomic E-state index is 0.278. The van der Waals surface area contributed by atoms with Crippen LogP contribution in [0.3, 0.4) is 0 Å². The Morgan fingerprint density at radius 2 is 2.05 bits per heavy atom. The van der Waals surface area contributed by atoms with Gasteiger partial charge in [-0.1, -0.05) is 13.3 Å². The van der Waals surface area contributed by atoms with E-state index in [1.165, 1.54) is 19.3 Å². The van der Waals surface area contributed by atoms with E-state index in [4.69, 9.17) is 4.42 Å². The van der Waals surface area contributed by atoms with Crippen LogP contribution < -0.4 is 5.32 Å². The standard InChI is InChI=1S/C17H26N2O2/c1-2-13-3-8-17(20)19(10-9-13)12-16-7-6-15(21-16)11-18-14-4-5-14/h6-7,13-14,18H,2-5,8-12H2,1H3. The van der Waals surface area contributed by atoms with Crippen LogP contribution in [0.25, 0.3) is 0 Å². The third-order valence-corrected chi connectivity index (χ3v) is 4.71. The highest BCUT2D eigenvalue weighted by atomic mass is 16.3. The fourth-order valence-corrected chi connectivity index (χ4v) is 2.99. The van der Waals surface area contributed by atoms with Crippen LogP contribution in [-0.2, 0) is 17.9 Å². The first-order valence-corrected chi connectivity index (χ1v) is 8.33. The molecule has 4 nitrogen and oxygen atoms in total. The second-order valence-electron chi connectivity index (χ2n) is 6.44. The molecule has 1 unspecified atom stereocenters. The van der Waals surface area contributed by atoms with Gasteiger partial charge < -0.3 is 14.6 Å². The zero-order valence-corrected chi connectivity index (χ0v) is 12.9. The Balaban J connectivity index is 1.53. The Morgan fingerprint density at radius 3 is 2.81 bits per heavy atom. The van der Waals surface area contributed by atoms with E-state index in [2.05, 4.69) is 12.2 Å². The number of carbonyl (C=O) groups is 1. The summed E-state index contributed by atoms with van der Waals surface area (Å²) in [6.07, 6.45) is 6.61. The molecule has 0 bridgehead atoms. The molecular formula is C17H26N2O2. The molecule has 0 spiro atoms. The Hall–Kier alpha value is -1.29. The maximum atomic E-state index is 12.2. The number of carbonyl (C=O) groups excluding carboxylic acids is 1. The summed E-state index contributed by atoms with van der Waals surface area (Å²) in [7, 11) is 0. The zero-order valence-electron chi connectivity index (χ0n) is 12.9. The van der Waals surface area contributed by atoms with Gasteiger partial charge in [0, 0.05) is 19.0 Å². The fraction of sp³-hybridized carbons (Fsp3) is 0.706. The average molecular weight is 290 g/mol. The highest BCUT2D eigenvalue weighted by Crippen LogP contribution is 2.23. The van der Waals surface area contributed by atoms with Gasteiger partial charge in [-0.05, 0) is 43.7 Å². The lowest BCUT2D eigenvalue weighted by molar-refractivity contribution is -0.131. The summed E-state index contributed by atoms with van der Waals surface area (Å²) in [6.45, 7) is 4.51. The lowest BCUT2D eigenvalue weighted by Gasteiger charge is -2.19. The third-order valence-electron chi connectivity index (χ3n) is 4.71. The summed E-state index contributed by atoms with van der Waals surface area (Å²) >= 11 is 0. The normalized spacial score (nSPS) is 23.4. The second-order valence-corrected chi connectivity index (χ2v) is 6.44. The summed E-state index contributed by atoms with van der Waals surface area (Å²) in [5.41, 5.74) is 0. The number of amides is 1. The molecule has 2 fully saturated rings. The van der Waals surface area contributed by atoms with Crippen molar-refractivity contribution >= 4 is 5.91 Å². The molecule has 1 amide bonds. The Morgan fingerprint density at radius 1 is 1.24 bits per heavy atom. The molecule has 1 aromatic heterocycles. The maximum absolute atomic E-state index is 12.2. The monoisotopic (exact) mass is 290 g/mol. The van der Waals surface area contributed by atoms with Gasteiger partial charge in [0.2, 0.25) is 5.91 Å². The summed E-state index contributed by atoms with van der Waals surface area (Å²) in [6, 6.07) is 4.73. The first-order valence-electron chi connectivity index (χ1n) is 8.33. The summed E-state index contributed by atoms with van der Waals surface area (Å²) in [4.78, 5) is 14.1. The van der Waals surface area contributed by atoms with Crippen LogP contribution >= 0.6 is 0 Å². The zero-order chi connectivity index (χ0) is 14.7. The Bertz CT molecular complexity index is 479. The highest BCUT2D eigenvalue weighted by Gasteiger charge is 2.23. The van der Waals surface area contributed by atoms with Crippen LogP contribution in [0, 0.1) is 5.92 Å². The number of nitrogens with one attached hydrogen (secondary N) is 1. The SMILES string of the molecule is CCC1CCC(=O)N(Cc2ccc(CNC3CC3)o2)CC1. The molecule has 1 aliphatic carbocycles. The summed E-state index contributed by atoms with van der Waals surface area (Å²) in [5, 5.41) is 3.45. The number of rotatable bonds is 6. The van der Waals surface area contributed by atoms with Crippen molar-refractivity contribution in [2.24, 2.45) is 5.92 Å². The van der Waals surface area contributed by atoms with Gasteiger partial charge in [0.1, 0.15) is 11.5 Å². The van der Waals surface area contributed by atoms with Gasteiger partial charge in [0.05, 0.1) is 13.1 Å². The van der Waals surface area contributed by atoms with E-state index in [0.717, 1.165) is 37.5 Å². The molecule has 0 radical (unpaired) electrons. The second kappa shape index (κ2) is 6.65. The number of likely N-dealkylation sites (tertiary alicyclic amines) is 1. The minimum atomic E-state index is 0.278. The van der Waals surface area contributed by atoms with Crippen LogP contribution in [0.5, 0.6) is 0 Å². The average Bonchev–Trinajstić information content (AvgIpc) is 3.24. The molecular weight excluding hydrogens is 264 g/mol. The van der Waals surface area contributed by atoms with Gasteiger partial charge in [0.15, 0.2) is 0 Å². The quantitative estimate of drug-likeness (QED) is 0.875. The first-order chi connectivity index (χ1) is 10.2. The van der Waals surface area contributed by atoms with Crippen LogP contribution in [0.4, 0.5) is 0 Å². The summed E-state index contributed by atoms with van der Waals surface area (Å²) in [5.74, 6) is 2.87. The third kappa shape index (κ3) is 4.10. The van der Waals surface area contributed by atoms with Gasteiger partial charge in [-0.25, -0.2) is 0 Å². The van der Waals surface area contributed by atoms with E-state index < -0.39 is 0 Å². The molecule has 1 aromatic rings. The molecule has 1 atom stereocenters. The number of furan rings is 1. The van der Waals surface area contributed by atoms with Crippen molar-refractivity contribution in [1.82, 2.24) is 10.2 Å². The fourth-order valence-electron chi connectivity index (χ4n) is 2.99. The smallest absolute Gasteiger partial charge is 0.222 e. The molecule has 116 valence electrons. The van der Waals surface area contributed by atoms with Crippen LogP contribution in [-0.4, -0.2) is 23.4 Å². The largest absolute Gasteiger partial charge is 0.463 e. The van der Waals surface area contributed by atoms with Crippen molar-refractivity contribution in [3.05, 3.63) is 23.7 Å². The topological polar surface area (TPSA) is 45.5 Å². The molecule has 1 aliphatic heterocycles. The van der Waals surface area contributed by atoms with Gasteiger partial charge in [-0.3, -0.25) is 4.79 Å². The molecule has 1 saturated heterocycles. The van der Waals surface area contributed by atoms with Crippen molar-refractivity contribution < 1.29 is 9.21 Å². The molecule has 2 heterocycles. The van der Waals surface area contributed by atoms with Gasteiger partial charge in [0.25, 0.3) is 0 Å². The minimum Gasteiger partial charge on any atom is -0.463 e. The van der Waals surface area contributed by atoms with E-state index in [9.17, 15) is 4.79 Å². The number of hydrogen-bond donors (Lipinski definition) is 1. The van der Waals surface area contributed by atoms with Crippen LogP contribution in [0.2, 0.25) is 0 Å². The van der Waals surface area contributed by atoms with Crippen molar-refractivity contribution in [3.8, 4) is 0 Å². The van der Waals surface area contributed by atoms with E-state index >= 15 is 0 Å². The maximum Gasteiger partial charge on any atom is 0.222 e. The molecule has 2 aliphatic rings. The van der Waals surface area contributed by atoms with Crippen molar-refractivity contribution in [1.29, 1.82) is 0 Å². The van der Waals surface area contributed by atoms with Gasteiger partial charge in [-0.2, -0.15) is 0 Å². The highest BCUT2D eigenvalue weighted by molar-refractivity contribution is 5.76. The molecule has 0 aromatic carbocycles. The Kier molecular flexibility index (Phi) is 4.63. The van der Waals surface area contributed by atoms with Crippen molar-refractivity contribution in [2.45, 2.75) is 64.6 Å². The lowest BCUT2D eigenvalue weighted by atomic mass is 9.98. The predicted octanol–water partition coefficient (Wildman–Crippen LogP) is 3.07. The molecule has 21 heavy (non-hydrogen) atoms. The first kappa shape index (κ1) is 14.6. The molecule has 3 rings (SSSR count). The molecule has 4 heteroatoms. The van der Waals surface area contributed by atoms with Crippen LogP contribution in [0.15, 0.2) is 16.5 Å². The van der Waals surface area contributed by atoms with E-state index in [1.54, 1.807) is 0 Å².